The monoisotopic (exact) mass is 247 g/mol. The molecule has 0 amide bonds. The molecule has 0 aliphatic carbocycles. The molecule has 4 heteroatoms. The zero-order chi connectivity index (χ0) is 13.4. The van der Waals surface area contributed by atoms with Crippen molar-refractivity contribution >= 4 is 5.69 Å². The van der Waals surface area contributed by atoms with Crippen LogP contribution in [0, 0.1) is 11.3 Å². The predicted molar refractivity (Wildman–Crippen MR) is 72.9 cm³/mol. The lowest BCUT2D eigenvalue weighted by Gasteiger charge is -2.28. The van der Waals surface area contributed by atoms with Crippen molar-refractivity contribution in [2.24, 2.45) is 0 Å². The Bertz CT molecular complexity index is 400. The summed E-state index contributed by atoms with van der Waals surface area (Å²) < 4.78 is 5.11. The minimum absolute atomic E-state index is 0.233. The molecule has 18 heavy (non-hydrogen) atoms. The number of methoxy groups -OCH3 is 1. The SMILES string of the molecule is COCCN(CCC#N)C(C)c1cccc(N)c1. The van der Waals surface area contributed by atoms with Crippen LogP contribution in [-0.4, -0.2) is 31.7 Å². The highest BCUT2D eigenvalue weighted by molar-refractivity contribution is 5.41. The van der Waals surface area contributed by atoms with Gasteiger partial charge in [-0.15, -0.1) is 0 Å². The van der Waals surface area contributed by atoms with E-state index < -0.39 is 0 Å². The number of nitriles is 1. The topological polar surface area (TPSA) is 62.3 Å². The second-order valence-corrected chi connectivity index (χ2v) is 4.28. The Morgan fingerprint density at radius 3 is 2.83 bits per heavy atom. The predicted octanol–water partition coefficient (Wildman–Crippen LogP) is 2.19. The second-order valence-electron chi connectivity index (χ2n) is 4.28. The normalized spacial score (nSPS) is 12.3. The van der Waals surface area contributed by atoms with E-state index in [-0.39, 0.29) is 6.04 Å². The maximum absolute atomic E-state index is 8.71. The molecule has 4 nitrogen and oxygen atoms in total. The molecule has 0 fully saturated rings. The van der Waals surface area contributed by atoms with Crippen molar-refractivity contribution in [1.29, 1.82) is 5.26 Å². The molecule has 1 atom stereocenters. The largest absolute Gasteiger partial charge is 0.399 e. The minimum Gasteiger partial charge on any atom is -0.399 e. The van der Waals surface area contributed by atoms with E-state index in [1.807, 2.05) is 18.2 Å². The first-order valence-electron chi connectivity index (χ1n) is 6.14. The lowest BCUT2D eigenvalue weighted by molar-refractivity contribution is 0.126. The first kappa shape index (κ1) is 14.5. The standard InChI is InChI=1S/C14H21N3O/c1-12(13-5-3-6-14(16)11-13)17(8-4-7-15)9-10-18-2/h3,5-6,11-12H,4,8-10,16H2,1-2H3. The third kappa shape index (κ3) is 4.36. The summed E-state index contributed by atoms with van der Waals surface area (Å²) in [4.78, 5) is 2.24. The van der Waals surface area contributed by atoms with Gasteiger partial charge in [-0.05, 0) is 24.6 Å². The van der Waals surface area contributed by atoms with Crippen molar-refractivity contribution in [2.45, 2.75) is 19.4 Å². The van der Waals surface area contributed by atoms with E-state index in [1.165, 1.54) is 5.56 Å². The van der Waals surface area contributed by atoms with Gasteiger partial charge < -0.3 is 10.5 Å². The van der Waals surface area contributed by atoms with Crippen LogP contribution < -0.4 is 5.73 Å². The number of hydrogen-bond acceptors (Lipinski definition) is 4. The van der Waals surface area contributed by atoms with E-state index in [1.54, 1.807) is 7.11 Å². The Morgan fingerprint density at radius 2 is 2.22 bits per heavy atom. The molecular formula is C14H21N3O. The average Bonchev–Trinajstić information content (AvgIpc) is 2.38. The number of nitrogens with two attached hydrogens (primary N) is 1. The van der Waals surface area contributed by atoms with Gasteiger partial charge in [-0.25, -0.2) is 0 Å². The van der Waals surface area contributed by atoms with Gasteiger partial charge in [0, 0.05) is 38.3 Å². The maximum atomic E-state index is 8.71. The lowest BCUT2D eigenvalue weighted by atomic mass is 10.1. The number of nitrogens with zero attached hydrogens (tertiary/aromatic N) is 2. The summed E-state index contributed by atoms with van der Waals surface area (Å²) in [5.74, 6) is 0. The van der Waals surface area contributed by atoms with E-state index in [0.717, 1.165) is 18.8 Å². The highest BCUT2D eigenvalue weighted by Gasteiger charge is 2.15. The Balaban J connectivity index is 2.74. The van der Waals surface area contributed by atoms with Crippen LogP contribution in [0.25, 0.3) is 0 Å². The summed E-state index contributed by atoms with van der Waals surface area (Å²) in [6.45, 7) is 4.35. The summed E-state index contributed by atoms with van der Waals surface area (Å²) in [7, 11) is 1.69. The van der Waals surface area contributed by atoms with Crippen LogP contribution in [-0.2, 0) is 4.74 Å². The Hall–Kier alpha value is -1.57. The molecule has 0 aliphatic rings. The quantitative estimate of drug-likeness (QED) is 0.750. The number of benzene rings is 1. The van der Waals surface area contributed by atoms with E-state index in [4.69, 9.17) is 15.7 Å². The molecule has 1 unspecified atom stereocenters. The van der Waals surface area contributed by atoms with E-state index in [0.29, 0.717) is 13.0 Å². The molecule has 98 valence electrons. The van der Waals surface area contributed by atoms with Crippen molar-refractivity contribution in [3.63, 3.8) is 0 Å². The van der Waals surface area contributed by atoms with Gasteiger partial charge in [0.05, 0.1) is 12.7 Å². The van der Waals surface area contributed by atoms with Crippen molar-refractivity contribution < 1.29 is 4.74 Å². The van der Waals surface area contributed by atoms with Crippen LogP contribution >= 0.6 is 0 Å². The fraction of sp³-hybridized carbons (Fsp3) is 0.500. The number of rotatable bonds is 7. The van der Waals surface area contributed by atoms with Crippen molar-refractivity contribution in [3.8, 4) is 6.07 Å². The van der Waals surface area contributed by atoms with Gasteiger partial charge in [0.1, 0.15) is 0 Å². The van der Waals surface area contributed by atoms with Gasteiger partial charge in [0.15, 0.2) is 0 Å². The van der Waals surface area contributed by atoms with E-state index >= 15 is 0 Å². The van der Waals surface area contributed by atoms with Gasteiger partial charge in [0.25, 0.3) is 0 Å². The fourth-order valence-electron chi connectivity index (χ4n) is 1.93. The van der Waals surface area contributed by atoms with Crippen LogP contribution in [0.4, 0.5) is 5.69 Å². The second kappa shape index (κ2) is 7.70. The number of hydrogen-bond donors (Lipinski definition) is 1. The van der Waals surface area contributed by atoms with Crippen LogP contribution in [0.15, 0.2) is 24.3 Å². The van der Waals surface area contributed by atoms with Crippen LogP contribution in [0.2, 0.25) is 0 Å². The van der Waals surface area contributed by atoms with Gasteiger partial charge in [-0.3, -0.25) is 4.90 Å². The molecule has 2 N–H and O–H groups in total. The fourth-order valence-corrected chi connectivity index (χ4v) is 1.93. The van der Waals surface area contributed by atoms with Gasteiger partial charge in [-0.1, -0.05) is 12.1 Å². The highest BCUT2D eigenvalue weighted by Crippen LogP contribution is 2.21. The molecule has 1 rings (SSSR count). The lowest BCUT2D eigenvalue weighted by Crippen LogP contribution is -2.31. The first-order valence-corrected chi connectivity index (χ1v) is 6.14. The number of anilines is 1. The molecule has 0 bridgehead atoms. The first-order chi connectivity index (χ1) is 8.69. The molecule has 0 spiro atoms. The summed E-state index contributed by atoms with van der Waals surface area (Å²) in [5.41, 5.74) is 7.74. The van der Waals surface area contributed by atoms with Crippen LogP contribution in [0.3, 0.4) is 0 Å². The molecule has 0 heterocycles. The molecule has 0 radical (unpaired) electrons. The minimum atomic E-state index is 0.233. The van der Waals surface area contributed by atoms with Gasteiger partial charge in [-0.2, -0.15) is 5.26 Å². The molecular weight excluding hydrogens is 226 g/mol. The summed E-state index contributed by atoms with van der Waals surface area (Å²) in [5, 5.41) is 8.71. The molecule has 0 aliphatic heterocycles. The molecule has 0 saturated carbocycles. The molecule has 1 aromatic carbocycles. The van der Waals surface area contributed by atoms with Crippen molar-refractivity contribution in [2.75, 3.05) is 32.5 Å². The molecule has 0 saturated heterocycles. The van der Waals surface area contributed by atoms with Crippen LogP contribution in [0.1, 0.15) is 24.9 Å². The molecule has 0 aromatic heterocycles. The third-order valence-electron chi connectivity index (χ3n) is 3.03. The zero-order valence-corrected chi connectivity index (χ0v) is 11.1. The summed E-state index contributed by atoms with van der Waals surface area (Å²) >= 11 is 0. The third-order valence-corrected chi connectivity index (χ3v) is 3.03. The summed E-state index contributed by atoms with van der Waals surface area (Å²) in [6, 6.07) is 10.3. The average molecular weight is 247 g/mol. The number of ether oxygens (including phenoxy) is 1. The van der Waals surface area contributed by atoms with E-state index in [2.05, 4.69) is 24.0 Å². The molecule has 1 aromatic rings. The van der Waals surface area contributed by atoms with Gasteiger partial charge >= 0.3 is 0 Å². The number of nitrogen functional groups attached to an aromatic ring is 1. The van der Waals surface area contributed by atoms with Crippen LogP contribution in [0.5, 0.6) is 0 Å². The Morgan fingerprint density at radius 1 is 1.44 bits per heavy atom. The smallest absolute Gasteiger partial charge is 0.0635 e. The van der Waals surface area contributed by atoms with E-state index in [9.17, 15) is 0 Å². The highest BCUT2D eigenvalue weighted by atomic mass is 16.5. The Kier molecular flexibility index (Phi) is 6.20. The Labute approximate surface area is 109 Å². The van der Waals surface area contributed by atoms with Crippen molar-refractivity contribution in [1.82, 2.24) is 4.90 Å². The summed E-state index contributed by atoms with van der Waals surface area (Å²) in [6.07, 6.45) is 0.524. The zero-order valence-electron chi connectivity index (χ0n) is 11.1. The van der Waals surface area contributed by atoms with Crippen molar-refractivity contribution in [3.05, 3.63) is 29.8 Å². The van der Waals surface area contributed by atoms with Gasteiger partial charge in [0.2, 0.25) is 0 Å². The maximum Gasteiger partial charge on any atom is 0.0635 e.